The van der Waals surface area contributed by atoms with Crippen molar-refractivity contribution in [3.8, 4) is 0 Å². The molecule has 0 saturated heterocycles. The zero-order valence-electron chi connectivity index (χ0n) is 7.58. The molecule has 1 aliphatic rings. The molecule has 0 aromatic heterocycles. The Morgan fingerprint density at radius 3 is 2.00 bits per heavy atom. The van der Waals surface area contributed by atoms with Gasteiger partial charge in [0.2, 0.25) is 0 Å². The molecule has 0 radical (unpaired) electrons. The van der Waals surface area contributed by atoms with Gasteiger partial charge in [0, 0.05) is 0 Å². The van der Waals surface area contributed by atoms with E-state index in [4.69, 9.17) is 5.11 Å². The van der Waals surface area contributed by atoms with Crippen molar-refractivity contribution in [1.82, 2.24) is 0 Å². The Morgan fingerprint density at radius 2 is 1.92 bits per heavy atom. The Bertz CT molecular complexity index is 182. The molecule has 1 rings (SSSR count). The number of carboxylic acids is 1. The van der Waals surface area contributed by atoms with Gasteiger partial charge in [-0.3, -0.25) is 4.79 Å². The second-order valence-electron chi connectivity index (χ2n) is 3.84. The van der Waals surface area contributed by atoms with Gasteiger partial charge in [0.15, 0.2) is 0 Å². The Labute approximate surface area is 72.4 Å². The lowest BCUT2D eigenvalue weighted by Gasteiger charge is -2.43. The van der Waals surface area contributed by atoms with E-state index in [-0.39, 0.29) is 5.92 Å². The van der Waals surface area contributed by atoms with Crippen LogP contribution < -0.4 is 0 Å². The monoisotopic (exact) mass is 172 g/mol. The van der Waals surface area contributed by atoms with E-state index in [2.05, 4.69) is 0 Å². The lowest BCUT2D eigenvalue weighted by Crippen LogP contribution is -2.47. The molecule has 0 bridgehead atoms. The molecule has 0 heterocycles. The van der Waals surface area contributed by atoms with Crippen LogP contribution in [0.1, 0.15) is 33.1 Å². The van der Waals surface area contributed by atoms with Gasteiger partial charge in [-0.2, -0.15) is 0 Å². The van der Waals surface area contributed by atoms with Crippen molar-refractivity contribution >= 4 is 5.97 Å². The fourth-order valence-corrected chi connectivity index (χ4v) is 1.88. The maximum atomic E-state index is 10.9. The summed E-state index contributed by atoms with van der Waals surface area (Å²) in [5.41, 5.74) is -0.631. The summed E-state index contributed by atoms with van der Waals surface area (Å²) < 4.78 is 0. The number of hydrogen-bond donors (Lipinski definition) is 2. The van der Waals surface area contributed by atoms with Gasteiger partial charge in [0.05, 0.1) is 11.5 Å². The van der Waals surface area contributed by atoms with Crippen LogP contribution in [0.2, 0.25) is 0 Å². The lowest BCUT2D eigenvalue weighted by atomic mass is 9.60. The number of carboxylic acid groups (broad SMARTS) is 1. The molecule has 2 atom stereocenters. The first kappa shape index (κ1) is 9.52. The summed E-state index contributed by atoms with van der Waals surface area (Å²) in [5, 5.41) is 18.3. The van der Waals surface area contributed by atoms with Crippen molar-refractivity contribution in [3.63, 3.8) is 0 Å². The van der Waals surface area contributed by atoms with E-state index in [1.54, 1.807) is 6.92 Å². The molecule has 0 aromatic carbocycles. The molecule has 0 spiro atoms. The Hall–Kier alpha value is -0.570. The normalized spacial score (nSPS) is 25.6. The molecular weight excluding hydrogens is 156 g/mol. The highest BCUT2D eigenvalue weighted by atomic mass is 16.4. The highest BCUT2D eigenvalue weighted by Crippen LogP contribution is 2.48. The summed E-state index contributed by atoms with van der Waals surface area (Å²) in [6.07, 6.45) is 1.88. The lowest BCUT2D eigenvalue weighted by molar-refractivity contribution is -0.163. The molecule has 70 valence electrons. The molecule has 1 saturated carbocycles. The van der Waals surface area contributed by atoms with Gasteiger partial charge in [-0.25, -0.2) is 0 Å². The molecule has 0 aliphatic heterocycles. The summed E-state index contributed by atoms with van der Waals surface area (Å²) in [6, 6.07) is 0. The highest BCUT2D eigenvalue weighted by molar-refractivity contribution is 5.76. The fourth-order valence-electron chi connectivity index (χ4n) is 1.88. The molecular formula is C9H16O3. The average Bonchev–Trinajstić information content (AvgIpc) is 1.83. The molecule has 3 nitrogen and oxygen atoms in total. The largest absolute Gasteiger partial charge is 0.481 e. The van der Waals surface area contributed by atoms with E-state index in [9.17, 15) is 9.90 Å². The molecule has 1 fully saturated rings. The molecule has 2 unspecified atom stereocenters. The summed E-state index contributed by atoms with van der Waals surface area (Å²) in [6.45, 7) is 3.48. The SMILES string of the molecule is CC(O)C(C)C1(C(=O)O)CCC1. The number of aliphatic hydroxyl groups excluding tert-OH is 1. The first-order valence-corrected chi connectivity index (χ1v) is 4.42. The Balaban J connectivity index is 2.73. The topological polar surface area (TPSA) is 57.5 Å². The third-order valence-corrected chi connectivity index (χ3v) is 3.27. The number of aliphatic hydroxyl groups is 1. The second-order valence-corrected chi connectivity index (χ2v) is 3.84. The second kappa shape index (κ2) is 3.05. The van der Waals surface area contributed by atoms with Crippen LogP contribution in [0.3, 0.4) is 0 Å². The first-order chi connectivity index (χ1) is 5.50. The van der Waals surface area contributed by atoms with Gasteiger partial charge in [-0.15, -0.1) is 0 Å². The van der Waals surface area contributed by atoms with Crippen LogP contribution in [0.5, 0.6) is 0 Å². The van der Waals surface area contributed by atoms with Crippen molar-refractivity contribution in [2.45, 2.75) is 39.2 Å². The summed E-state index contributed by atoms with van der Waals surface area (Å²) in [4.78, 5) is 10.9. The minimum absolute atomic E-state index is 0.135. The van der Waals surface area contributed by atoms with Crippen LogP contribution in [0.15, 0.2) is 0 Å². The van der Waals surface area contributed by atoms with Crippen LogP contribution in [-0.2, 0) is 4.79 Å². The van der Waals surface area contributed by atoms with Gasteiger partial charge in [0.1, 0.15) is 0 Å². The van der Waals surface area contributed by atoms with Crippen molar-refractivity contribution in [2.75, 3.05) is 0 Å². The average molecular weight is 172 g/mol. The van der Waals surface area contributed by atoms with E-state index < -0.39 is 17.5 Å². The Kier molecular flexibility index (Phi) is 2.42. The van der Waals surface area contributed by atoms with Gasteiger partial charge in [0.25, 0.3) is 0 Å². The molecule has 0 amide bonds. The number of carbonyl (C=O) groups is 1. The predicted octanol–water partition coefficient (Wildman–Crippen LogP) is 1.26. The Morgan fingerprint density at radius 1 is 1.42 bits per heavy atom. The van der Waals surface area contributed by atoms with E-state index >= 15 is 0 Å². The summed E-state index contributed by atoms with van der Waals surface area (Å²) in [7, 11) is 0. The third-order valence-electron chi connectivity index (χ3n) is 3.27. The van der Waals surface area contributed by atoms with Crippen LogP contribution in [0.25, 0.3) is 0 Å². The minimum Gasteiger partial charge on any atom is -0.481 e. The molecule has 3 heteroatoms. The summed E-state index contributed by atoms with van der Waals surface area (Å²) in [5.74, 6) is -0.883. The predicted molar refractivity (Wildman–Crippen MR) is 44.8 cm³/mol. The van der Waals surface area contributed by atoms with E-state index in [0.717, 1.165) is 6.42 Å². The quantitative estimate of drug-likeness (QED) is 0.673. The van der Waals surface area contributed by atoms with E-state index in [1.807, 2.05) is 6.92 Å². The van der Waals surface area contributed by atoms with Crippen LogP contribution in [0.4, 0.5) is 0 Å². The van der Waals surface area contributed by atoms with Gasteiger partial charge in [-0.05, 0) is 25.7 Å². The standard InChI is InChI=1S/C9H16O3/c1-6(7(2)10)9(8(11)12)4-3-5-9/h6-7,10H,3-5H2,1-2H3,(H,11,12). The zero-order valence-corrected chi connectivity index (χ0v) is 7.58. The number of rotatable bonds is 3. The highest BCUT2D eigenvalue weighted by Gasteiger charge is 2.49. The van der Waals surface area contributed by atoms with Crippen molar-refractivity contribution < 1.29 is 15.0 Å². The van der Waals surface area contributed by atoms with Crippen molar-refractivity contribution in [2.24, 2.45) is 11.3 Å². The summed E-state index contributed by atoms with van der Waals surface area (Å²) >= 11 is 0. The number of hydrogen-bond acceptors (Lipinski definition) is 2. The maximum Gasteiger partial charge on any atom is 0.310 e. The van der Waals surface area contributed by atoms with E-state index in [0.29, 0.717) is 12.8 Å². The van der Waals surface area contributed by atoms with Gasteiger partial charge >= 0.3 is 5.97 Å². The smallest absolute Gasteiger partial charge is 0.310 e. The molecule has 12 heavy (non-hydrogen) atoms. The molecule has 0 aromatic rings. The molecule has 1 aliphatic carbocycles. The van der Waals surface area contributed by atoms with Crippen LogP contribution in [0, 0.1) is 11.3 Å². The molecule has 2 N–H and O–H groups in total. The minimum atomic E-state index is -0.748. The zero-order chi connectivity index (χ0) is 9.35. The third kappa shape index (κ3) is 1.22. The van der Waals surface area contributed by atoms with Crippen molar-refractivity contribution in [3.05, 3.63) is 0 Å². The maximum absolute atomic E-state index is 10.9. The van der Waals surface area contributed by atoms with Gasteiger partial charge in [-0.1, -0.05) is 13.3 Å². The first-order valence-electron chi connectivity index (χ1n) is 4.42. The van der Waals surface area contributed by atoms with Crippen molar-refractivity contribution in [1.29, 1.82) is 0 Å². The van der Waals surface area contributed by atoms with Gasteiger partial charge < -0.3 is 10.2 Å². The fraction of sp³-hybridized carbons (Fsp3) is 0.889. The van der Waals surface area contributed by atoms with Crippen LogP contribution in [-0.4, -0.2) is 22.3 Å². The van der Waals surface area contributed by atoms with Crippen LogP contribution >= 0.6 is 0 Å². The number of aliphatic carboxylic acids is 1. The van der Waals surface area contributed by atoms with E-state index in [1.165, 1.54) is 0 Å².